The third-order valence-electron chi connectivity index (χ3n) is 5.55. The number of rotatable bonds is 5. The Morgan fingerprint density at radius 1 is 1.17 bits per heavy atom. The van der Waals surface area contributed by atoms with Gasteiger partial charge in [0.05, 0.1) is 12.1 Å². The van der Waals surface area contributed by atoms with E-state index in [2.05, 4.69) is 27.1 Å². The van der Waals surface area contributed by atoms with Crippen molar-refractivity contribution in [2.75, 3.05) is 42.9 Å². The Balaban J connectivity index is 1.63. The molecule has 5 nitrogen and oxygen atoms in total. The number of nitrogens with zero attached hydrogens (tertiary/aromatic N) is 4. The van der Waals surface area contributed by atoms with E-state index in [1.807, 2.05) is 6.07 Å². The standard InChI is InChI=1S/C20H22F5N5/c1-2-29-10-14(11-29)13-7-17(27-16-9-15(3-5-26-16)20(23,24)25)28-18(8-13)30-6-4-19(21,22)12-30/h3,5,7-9,14H,2,4,6,10-12H2,1H3,(H,26,27,28). The van der Waals surface area contributed by atoms with Crippen LogP contribution in [0.15, 0.2) is 30.5 Å². The first-order chi connectivity index (χ1) is 14.1. The second-order valence-corrected chi connectivity index (χ2v) is 7.77. The quantitative estimate of drug-likeness (QED) is 0.712. The highest BCUT2D eigenvalue weighted by Crippen LogP contribution is 2.35. The number of likely N-dealkylation sites (N-methyl/N-ethyl adjacent to an activating group) is 1. The molecule has 0 unspecified atom stereocenters. The van der Waals surface area contributed by atoms with Crippen molar-refractivity contribution < 1.29 is 22.0 Å². The molecule has 30 heavy (non-hydrogen) atoms. The van der Waals surface area contributed by atoms with Gasteiger partial charge in [0.1, 0.15) is 17.5 Å². The summed E-state index contributed by atoms with van der Waals surface area (Å²) in [6, 6.07) is 5.36. The van der Waals surface area contributed by atoms with E-state index in [4.69, 9.17) is 0 Å². The largest absolute Gasteiger partial charge is 0.416 e. The highest BCUT2D eigenvalue weighted by molar-refractivity contribution is 5.59. The Hall–Kier alpha value is -2.49. The maximum absolute atomic E-state index is 13.7. The number of halogens is 5. The minimum Gasteiger partial charge on any atom is -0.350 e. The Bertz CT molecular complexity index is 911. The van der Waals surface area contributed by atoms with Crippen molar-refractivity contribution in [3.63, 3.8) is 0 Å². The third-order valence-corrected chi connectivity index (χ3v) is 5.55. The molecule has 0 radical (unpaired) electrons. The molecule has 0 spiro atoms. The van der Waals surface area contributed by atoms with Crippen molar-refractivity contribution >= 4 is 17.5 Å². The highest BCUT2D eigenvalue weighted by atomic mass is 19.4. The van der Waals surface area contributed by atoms with Crippen molar-refractivity contribution in [1.29, 1.82) is 0 Å². The molecule has 2 aromatic heterocycles. The van der Waals surface area contributed by atoms with Crippen LogP contribution in [0.2, 0.25) is 0 Å². The topological polar surface area (TPSA) is 44.3 Å². The first kappa shape index (κ1) is 20.8. The van der Waals surface area contributed by atoms with Crippen molar-refractivity contribution in [3.8, 4) is 0 Å². The molecule has 2 aromatic rings. The summed E-state index contributed by atoms with van der Waals surface area (Å²) in [5, 5.41) is 2.82. The molecule has 2 aliphatic rings. The molecular formula is C20H22F5N5. The summed E-state index contributed by atoms with van der Waals surface area (Å²) in [6.45, 7) is 4.43. The number of hydrogen-bond donors (Lipinski definition) is 1. The van der Waals surface area contributed by atoms with E-state index in [0.29, 0.717) is 11.6 Å². The molecule has 0 aliphatic carbocycles. The molecule has 2 aliphatic heterocycles. The van der Waals surface area contributed by atoms with E-state index in [0.717, 1.165) is 43.5 Å². The van der Waals surface area contributed by atoms with E-state index in [9.17, 15) is 22.0 Å². The summed E-state index contributed by atoms with van der Waals surface area (Å²) in [7, 11) is 0. The van der Waals surface area contributed by atoms with Crippen LogP contribution < -0.4 is 10.2 Å². The molecule has 0 atom stereocenters. The van der Waals surface area contributed by atoms with Gasteiger partial charge >= 0.3 is 6.18 Å². The fraction of sp³-hybridized carbons (Fsp3) is 0.500. The molecular weight excluding hydrogens is 405 g/mol. The summed E-state index contributed by atoms with van der Waals surface area (Å²) in [6.07, 6.45) is -3.66. The monoisotopic (exact) mass is 427 g/mol. The molecule has 2 saturated heterocycles. The van der Waals surface area contributed by atoms with Crippen LogP contribution in [0, 0.1) is 0 Å². The summed E-state index contributed by atoms with van der Waals surface area (Å²) in [4.78, 5) is 12.1. The fourth-order valence-corrected chi connectivity index (χ4v) is 3.78. The SMILES string of the molecule is CCN1CC(c2cc(Nc3cc(C(F)(F)F)ccn3)nc(N3CCC(F)(F)C3)c2)C1. The van der Waals surface area contributed by atoms with E-state index >= 15 is 0 Å². The Morgan fingerprint density at radius 2 is 1.93 bits per heavy atom. The zero-order chi connectivity index (χ0) is 21.5. The average Bonchev–Trinajstić information content (AvgIpc) is 3.00. The van der Waals surface area contributed by atoms with Crippen LogP contribution in [0.5, 0.6) is 0 Å². The normalized spacial score (nSPS) is 19.7. The molecule has 162 valence electrons. The molecule has 2 fully saturated rings. The summed E-state index contributed by atoms with van der Waals surface area (Å²) >= 11 is 0. The lowest BCUT2D eigenvalue weighted by Gasteiger charge is -2.39. The number of nitrogens with one attached hydrogen (secondary N) is 1. The minimum atomic E-state index is -4.49. The van der Waals surface area contributed by atoms with E-state index in [-0.39, 0.29) is 24.7 Å². The van der Waals surface area contributed by atoms with Gasteiger partial charge in [-0.05, 0) is 36.4 Å². The first-order valence-electron chi connectivity index (χ1n) is 9.80. The number of likely N-dealkylation sites (tertiary alicyclic amines) is 1. The number of aromatic nitrogens is 2. The molecule has 0 amide bonds. The van der Waals surface area contributed by atoms with Crippen molar-refractivity contribution in [1.82, 2.24) is 14.9 Å². The Morgan fingerprint density at radius 3 is 2.57 bits per heavy atom. The summed E-state index contributed by atoms with van der Waals surface area (Å²) in [5.74, 6) is -1.86. The van der Waals surface area contributed by atoms with Crippen LogP contribution in [0.3, 0.4) is 0 Å². The first-order valence-corrected chi connectivity index (χ1v) is 9.80. The molecule has 0 saturated carbocycles. The van der Waals surface area contributed by atoms with Gasteiger partial charge in [-0.1, -0.05) is 6.92 Å². The van der Waals surface area contributed by atoms with Gasteiger partial charge in [-0.3, -0.25) is 0 Å². The average molecular weight is 427 g/mol. The second kappa shape index (κ2) is 7.64. The number of hydrogen-bond acceptors (Lipinski definition) is 5. The predicted molar refractivity (Wildman–Crippen MR) is 103 cm³/mol. The molecule has 1 N–H and O–H groups in total. The lowest BCUT2D eigenvalue weighted by Crippen LogP contribution is -2.44. The van der Waals surface area contributed by atoms with Gasteiger partial charge in [0.25, 0.3) is 5.92 Å². The van der Waals surface area contributed by atoms with Crippen molar-refractivity contribution in [2.45, 2.75) is 31.4 Å². The number of alkyl halides is 5. The van der Waals surface area contributed by atoms with Gasteiger partial charge in [0.2, 0.25) is 0 Å². The van der Waals surface area contributed by atoms with Crippen LogP contribution in [-0.2, 0) is 6.18 Å². The second-order valence-electron chi connectivity index (χ2n) is 7.77. The van der Waals surface area contributed by atoms with Gasteiger partial charge in [-0.2, -0.15) is 13.2 Å². The predicted octanol–water partition coefficient (Wildman–Crippen LogP) is 4.50. The Kier molecular flexibility index (Phi) is 5.29. The summed E-state index contributed by atoms with van der Waals surface area (Å²) in [5.41, 5.74) is 0.0996. The Labute approximate surface area is 170 Å². The summed E-state index contributed by atoms with van der Waals surface area (Å²) < 4.78 is 66.4. The van der Waals surface area contributed by atoms with Crippen molar-refractivity contribution in [2.24, 2.45) is 0 Å². The van der Waals surface area contributed by atoms with Gasteiger partial charge in [0.15, 0.2) is 0 Å². The molecule has 4 rings (SSSR count). The molecule has 0 aromatic carbocycles. The van der Waals surface area contributed by atoms with Crippen LogP contribution in [0.25, 0.3) is 0 Å². The molecule has 0 bridgehead atoms. The third kappa shape index (κ3) is 4.48. The van der Waals surface area contributed by atoms with Gasteiger partial charge in [0, 0.05) is 38.2 Å². The fourth-order valence-electron chi connectivity index (χ4n) is 3.78. The van der Waals surface area contributed by atoms with Crippen LogP contribution in [0.1, 0.15) is 30.4 Å². The minimum absolute atomic E-state index is 0.00373. The van der Waals surface area contributed by atoms with Crippen LogP contribution in [0.4, 0.5) is 39.4 Å². The van der Waals surface area contributed by atoms with E-state index < -0.39 is 24.2 Å². The zero-order valence-corrected chi connectivity index (χ0v) is 16.4. The lowest BCUT2D eigenvalue weighted by atomic mass is 9.92. The van der Waals surface area contributed by atoms with E-state index in [1.54, 1.807) is 6.07 Å². The maximum Gasteiger partial charge on any atom is 0.416 e. The number of pyridine rings is 2. The van der Waals surface area contributed by atoms with Gasteiger partial charge in [-0.15, -0.1) is 0 Å². The maximum atomic E-state index is 13.7. The zero-order valence-electron chi connectivity index (χ0n) is 16.4. The van der Waals surface area contributed by atoms with Crippen LogP contribution >= 0.6 is 0 Å². The highest BCUT2D eigenvalue weighted by Gasteiger charge is 2.39. The van der Waals surface area contributed by atoms with Gasteiger partial charge in [-0.25, -0.2) is 18.7 Å². The molecule has 10 heteroatoms. The molecule has 4 heterocycles. The smallest absolute Gasteiger partial charge is 0.350 e. The van der Waals surface area contributed by atoms with Crippen LogP contribution in [-0.4, -0.2) is 53.5 Å². The van der Waals surface area contributed by atoms with Crippen molar-refractivity contribution in [3.05, 3.63) is 41.6 Å². The van der Waals surface area contributed by atoms with E-state index in [1.165, 1.54) is 4.90 Å². The van der Waals surface area contributed by atoms with Gasteiger partial charge < -0.3 is 15.1 Å². The lowest BCUT2D eigenvalue weighted by molar-refractivity contribution is -0.137. The number of anilines is 3.